The van der Waals surface area contributed by atoms with E-state index in [1.54, 1.807) is 0 Å². The largest absolute Gasteiger partial charge is 0.301 e. The smallest absolute Gasteiger partial charge is 0.272 e. The van der Waals surface area contributed by atoms with E-state index in [0.717, 1.165) is 30.7 Å². The quantitative estimate of drug-likeness (QED) is 0.226. The zero-order valence-electron chi connectivity index (χ0n) is 18.3. The number of hydrazone groups is 2. The number of nitro groups is 4. The highest BCUT2D eigenvalue weighted by Gasteiger charge is 2.20. The zero-order chi connectivity index (χ0) is 26.0. The fraction of sp³-hybridized carbons (Fsp3) is 0.263. The number of nitrogens with zero attached hydrogens (tertiary/aromatic N) is 6. The van der Waals surface area contributed by atoms with E-state index in [4.69, 9.17) is 0 Å². The van der Waals surface area contributed by atoms with Gasteiger partial charge in [-0.3, -0.25) is 51.3 Å². The Hall–Kier alpha value is -5.02. The highest BCUT2D eigenvalue weighted by atomic mass is 16.6. The maximum atomic E-state index is 11.1. The van der Waals surface area contributed by atoms with Crippen molar-refractivity contribution in [3.8, 4) is 0 Å². The first-order valence-electron chi connectivity index (χ1n) is 10.0. The van der Waals surface area contributed by atoms with Gasteiger partial charge in [-0.05, 0) is 30.9 Å². The van der Waals surface area contributed by atoms with Crippen molar-refractivity contribution in [1.29, 1.82) is 0 Å². The van der Waals surface area contributed by atoms with Crippen LogP contribution in [0.1, 0.15) is 26.2 Å². The first kappa shape index (κ1) is 26.2. The van der Waals surface area contributed by atoms with Crippen molar-refractivity contribution in [2.24, 2.45) is 16.1 Å². The molecule has 0 aromatic heterocycles. The van der Waals surface area contributed by atoms with Gasteiger partial charge in [0.05, 0.1) is 31.8 Å². The number of hydrogen-bond acceptors (Lipinski definition) is 12. The van der Waals surface area contributed by atoms with Crippen LogP contribution in [0.25, 0.3) is 0 Å². The summed E-state index contributed by atoms with van der Waals surface area (Å²) in [5.74, 6) is 0.0739. The molecular weight excluding hydrogens is 468 g/mol. The monoisotopic (exact) mass is 488 g/mol. The summed E-state index contributed by atoms with van der Waals surface area (Å²) in [7, 11) is 0. The number of hydrogen-bond donors (Lipinski definition) is 2. The lowest BCUT2D eigenvalue weighted by molar-refractivity contribution is -0.393. The van der Waals surface area contributed by atoms with Gasteiger partial charge in [-0.1, -0.05) is 13.3 Å². The van der Waals surface area contributed by atoms with Crippen LogP contribution in [0.3, 0.4) is 0 Å². The van der Waals surface area contributed by atoms with Crippen molar-refractivity contribution >= 4 is 46.6 Å². The number of anilines is 2. The number of benzene rings is 2. The molecule has 2 N–H and O–H groups in total. The Kier molecular flexibility index (Phi) is 9.21. The minimum Gasteiger partial charge on any atom is -0.272 e. The highest BCUT2D eigenvalue weighted by Crippen LogP contribution is 2.30. The third kappa shape index (κ3) is 7.52. The van der Waals surface area contributed by atoms with Crippen LogP contribution in [-0.4, -0.2) is 32.1 Å². The molecule has 2 aromatic carbocycles. The number of rotatable bonds is 13. The third-order valence-electron chi connectivity index (χ3n) is 4.79. The summed E-state index contributed by atoms with van der Waals surface area (Å²) in [5, 5.41) is 51.7. The number of nitro benzene ring substituents is 4. The Balaban J connectivity index is 1.94. The SMILES string of the molecule is CCC(CC=NNc1ccc([N+](=O)[O-])cc1[N+](=O)[O-])CC=NNc1ccc([N+](=O)[O-])cc1[N+](=O)[O-]. The average molecular weight is 488 g/mol. The fourth-order valence-corrected chi connectivity index (χ4v) is 2.82. The molecule has 0 aliphatic heterocycles. The minimum absolute atomic E-state index is 0.000327. The lowest BCUT2D eigenvalue weighted by atomic mass is 10.00. The molecule has 0 aliphatic carbocycles. The lowest BCUT2D eigenvalue weighted by Gasteiger charge is -2.08. The molecule has 0 radical (unpaired) electrons. The van der Waals surface area contributed by atoms with Gasteiger partial charge in [0.1, 0.15) is 11.4 Å². The molecule has 0 atom stereocenters. The summed E-state index contributed by atoms with van der Waals surface area (Å²) >= 11 is 0. The maximum Gasteiger partial charge on any atom is 0.301 e. The molecule has 0 bridgehead atoms. The van der Waals surface area contributed by atoms with Crippen molar-refractivity contribution in [2.75, 3.05) is 10.9 Å². The van der Waals surface area contributed by atoms with Crippen LogP contribution in [0.15, 0.2) is 46.6 Å². The topological polar surface area (TPSA) is 221 Å². The maximum absolute atomic E-state index is 11.1. The fourth-order valence-electron chi connectivity index (χ4n) is 2.82. The van der Waals surface area contributed by atoms with Crippen LogP contribution in [0.5, 0.6) is 0 Å². The van der Waals surface area contributed by atoms with E-state index in [0.29, 0.717) is 12.8 Å². The molecule has 0 saturated carbocycles. The van der Waals surface area contributed by atoms with Crippen LogP contribution < -0.4 is 10.9 Å². The van der Waals surface area contributed by atoms with Crippen molar-refractivity contribution in [3.63, 3.8) is 0 Å². The first-order valence-corrected chi connectivity index (χ1v) is 10.0. The number of nitrogens with one attached hydrogen (secondary N) is 2. The van der Waals surface area contributed by atoms with Gasteiger partial charge in [-0.2, -0.15) is 10.2 Å². The highest BCUT2D eigenvalue weighted by molar-refractivity contribution is 5.69. The molecule has 2 aromatic rings. The molecule has 0 spiro atoms. The Morgan fingerprint density at radius 1 is 0.743 bits per heavy atom. The van der Waals surface area contributed by atoms with E-state index in [1.807, 2.05) is 6.92 Å². The van der Waals surface area contributed by atoms with Crippen molar-refractivity contribution < 1.29 is 19.7 Å². The number of non-ortho nitro benzene ring substituents is 2. The molecule has 184 valence electrons. The lowest BCUT2D eigenvalue weighted by Crippen LogP contribution is -2.03. The first-order chi connectivity index (χ1) is 16.6. The van der Waals surface area contributed by atoms with Gasteiger partial charge in [0.15, 0.2) is 0 Å². The normalized spacial score (nSPS) is 11.9. The van der Waals surface area contributed by atoms with E-state index >= 15 is 0 Å². The summed E-state index contributed by atoms with van der Waals surface area (Å²) in [6.45, 7) is 1.93. The predicted octanol–water partition coefficient (Wildman–Crippen LogP) is 4.62. The molecule has 2 rings (SSSR count). The van der Waals surface area contributed by atoms with E-state index < -0.39 is 42.4 Å². The van der Waals surface area contributed by atoms with Gasteiger partial charge in [0.2, 0.25) is 0 Å². The van der Waals surface area contributed by atoms with Crippen molar-refractivity contribution in [1.82, 2.24) is 0 Å². The molecule has 0 fully saturated rings. The molecule has 35 heavy (non-hydrogen) atoms. The molecule has 16 heteroatoms. The summed E-state index contributed by atoms with van der Waals surface area (Å²) in [6.07, 6.45) is 4.67. The van der Waals surface area contributed by atoms with Gasteiger partial charge in [0, 0.05) is 24.6 Å². The Bertz CT molecular complexity index is 1090. The van der Waals surface area contributed by atoms with Gasteiger partial charge >= 0.3 is 11.4 Å². The second kappa shape index (κ2) is 12.3. The summed E-state index contributed by atoms with van der Waals surface area (Å²) in [5.41, 5.74) is 3.22. The average Bonchev–Trinajstić information content (AvgIpc) is 2.82. The van der Waals surface area contributed by atoms with Crippen LogP contribution in [0, 0.1) is 46.4 Å². The van der Waals surface area contributed by atoms with Crippen LogP contribution >= 0.6 is 0 Å². The van der Waals surface area contributed by atoms with Crippen LogP contribution in [0.2, 0.25) is 0 Å². The standard InChI is InChI=1S/C19H20N8O8/c1-2-13(7-9-20-22-16-5-3-14(24(28)29)11-18(16)26(32)33)8-10-21-23-17-6-4-15(25(30)31)12-19(17)27(34)35/h3-6,9-13,22-23H,2,7-8H2,1H3. The molecule has 0 aliphatic rings. The third-order valence-corrected chi connectivity index (χ3v) is 4.79. The van der Waals surface area contributed by atoms with E-state index in [1.165, 1.54) is 24.6 Å². The van der Waals surface area contributed by atoms with E-state index in [2.05, 4.69) is 21.1 Å². The Labute approximate surface area is 196 Å². The van der Waals surface area contributed by atoms with E-state index in [-0.39, 0.29) is 17.3 Å². The molecule has 0 unspecified atom stereocenters. The van der Waals surface area contributed by atoms with Crippen molar-refractivity contribution in [2.45, 2.75) is 26.2 Å². The van der Waals surface area contributed by atoms with Gasteiger partial charge < -0.3 is 0 Å². The summed E-state index contributed by atoms with van der Waals surface area (Å²) in [6, 6.07) is 6.31. The predicted molar refractivity (Wildman–Crippen MR) is 127 cm³/mol. The summed E-state index contributed by atoms with van der Waals surface area (Å²) in [4.78, 5) is 40.9. The van der Waals surface area contributed by atoms with Crippen LogP contribution in [-0.2, 0) is 0 Å². The Morgan fingerprint density at radius 3 is 1.46 bits per heavy atom. The molecule has 16 nitrogen and oxygen atoms in total. The minimum atomic E-state index is -0.752. The molecular formula is C19H20N8O8. The second-order valence-corrected chi connectivity index (χ2v) is 7.02. The van der Waals surface area contributed by atoms with Gasteiger partial charge in [-0.25, -0.2) is 0 Å². The Morgan fingerprint density at radius 2 is 1.14 bits per heavy atom. The van der Waals surface area contributed by atoms with Crippen molar-refractivity contribution in [3.05, 3.63) is 76.9 Å². The summed E-state index contributed by atoms with van der Waals surface area (Å²) < 4.78 is 0. The van der Waals surface area contributed by atoms with Gasteiger partial charge in [0.25, 0.3) is 11.4 Å². The molecule has 0 heterocycles. The molecule has 0 amide bonds. The van der Waals surface area contributed by atoms with E-state index in [9.17, 15) is 40.5 Å². The molecule has 0 saturated heterocycles. The second-order valence-electron chi connectivity index (χ2n) is 7.02. The van der Waals surface area contributed by atoms with Crippen LogP contribution in [0.4, 0.5) is 34.1 Å². The van der Waals surface area contributed by atoms with Gasteiger partial charge in [-0.15, -0.1) is 0 Å². The zero-order valence-corrected chi connectivity index (χ0v) is 18.3.